The van der Waals surface area contributed by atoms with Gasteiger partial charge in [-0.05, 0) is 25.5 Å². The van der Waals surface area contributed by atoms with Gasteiger partial charge in [-0.1, -0.05) is 0 Å². The zero-order valence-electron chi connectivity index (χ0n) is 11.0. The van der Waals surface area contributed by atoms with Crippen LogP contribution in [-0.4, -0.2) is 15.9 Å². The van der Waals surface area contributed by atoms with Gasteiger partial charge in [-0.15, -0.1) is 11.3 Å². The minimum absolute atomic E-state index is 0.298. The molecule has 2 heterocycles. The van der Waals surface area contributed by atoms with Gasteiger partial charge in [-0.25, -0.2) is 0 Å². The number of nitriles is 1. The highest BCUT2D eigenvalue weighted by molar-refractivity contribution is 7.16. The molecule has 0 radical (unpaired) electrons. The fourth-order valence-corrected chi connectivity index (χ4v) is 2.57. The van der Waals surface area contributed by atoms with Crippen molar-refractivity contribution in [1.29, 1.82) is 5.26 Å². The Morgan fingerprint density at radius 2 is 2.25 bits per heavy atom. The summed E-state index contributed by atoms with van der Waals surface area (Å²) in [6.45, 7) is 3.79. The molecule has 6 heteroatoms. The smallest absolute Gasteiger partial charge is 0.249 e. The second kappa shape index (κ2) is 6.08. The fraction of sp³-hybridized carbons (Fsp3) is 0.143. The average Bonchev–Trinajstić information content (AvgIpc) is 2.72. The molecule has 1 amide bonds. The predicted octanol–water partition coefficient (Wildman–Crippen LogP) is 2.68. The van der Waals surface area contributed by atoms with Crippen molar-refractivity contribution in [2.75, 3.05) is 5.32 Å². The van der Waals surface area contributed by atoms with Gasteiger partial charge in [0, 0.05) is 23.3 Å². The summed E-state index contributed by atoms with van der Waals surface area (Å²) >= 11 is 1.40. The largest absolute Gasteiger partial charge is 0.313 e. The normalized spacial score (nSPS) is 10.4. The van der Waals surface area contributed by atoms with Crippen LogP contribution in [0.2, 0.25) is 0 Å². The van der Waals surface area contributed by atoms with Crippen molar-refractivity contribution in [1.82, 2.24) is 9.97 Å². The van der Waals surface area contributed by atoms with Crippen molar-refractivity contribution in [3.05, 3.63) is 46.4 Å². The van der Waals surface area contributed by atoms with Crippen molar-refractivity contribution in [2.24, 2.45) is 0 Å². The number of carbonyl (C=O) groups is 1. The average molecular weight is 284 g/mol. The van der Waals surface area contributed by atoms with E-state index in [2.05, 4.69) is 21.4 Å². The van der Waals surface area contributed by atoms with Crippen LogP contribution in [0.4, 0.5) is 5.00 Å². The van der Waals surface area contributed by atoms with E-state index in [-0.39, 0.29) is 5.91 Å². The van der Waals surface area contributed by atoms with E-state index in [1.165, 1.54) is 17.4 Å². The molecule has 0 saturated carbocycles. The van der Waals surface area contributed by atoms with E-state index < -0.39 is 0 Å². The lowest BCUT2D eigenvalue weighted by Crippen LogP contribution is -2.07. The quantitative estimate of drug-likeness (QED) is 0.879. The Morgan fingerprint density at radius 1 is 1.45 bits per heavy atom. The molecule has 0 bridgehead atoms. The van der Waals surface area contributed by atoms with Gasteiger partial charge >= 0.3 is 0 Å². The van der Waals surface area contributed by atoms with Crippen LogP contribution in [0, 0.1) is 25.2 Å². The van der Waals surface area contributed by atoms with E-state index in [1.54, 1.807) is 24.7 Å². The molecule has 0 atom stereocenters. The second-order valence-electron chi connectivity index (χ2n) is 4.05. The van der Waals surface area contributed by atoms with Crippen LogP contribution in [0.25, 0.3) is 6.08 Å². The molecule has 0 aromatic carbocycles. The van der Waals surface area contributed by atoms with Gasteiger partial charge in [0.15, 0.2) is 0 Å². The number of rotatable bonds is 3. The molecule has 0 unspecified atom stereocenters. The molecule has 2 rings (SSSR count). The fourth-order valence-electron chi connectivity index (χ4n) is 1.56. The maximum atomic E-state index is 11.8. The van der Waals surface area contributed by atoms with Crippen LogP contribution < -0.4 is 5.32 Å². The molecule has 0 aliphatic heterocycles. The Hall–Kier alpha value is -2.52. The zero-order valence-corrected chi connectivity index (χ0v) is 11.9. The van der Waals surface area contributed by atoms with Crippen LogP contribution in [-0.2, 0) is 4.79 Å². The van der Waals surface area contributed by atoms with Crippen LogP contribution in [0.5, 0.6) is 0 Å². The number of hydrogen-bond donors (Lipinski definition) is 1. The topological polar surface area (TPSA) is 78.7 Å². The number of nitrogens with zero attached hydrogens (tertiary/aromatic N) is 3. The molecular formula is C14H12N4OS. The predicted molar refractivity (Wildman–Crippen MR) is 78.2 cm³/mol. The van der Waals surface area contributed by atoms with E-state index in [1.807, 2.05) is 13.8 Å². The molecule has 1 N–H and O–H groups in total. The lowest BCUT2D eigenvalue weighted by atomic mass is 10.2. The molecule has 0 aliphatic carbocycles. The Bertz CT molecular complexity index is 698. The van der Waals surface area contributed by atoms with Gasteiger partial charge in [-0.3, -0.25) is 14.8 Å². The van der Waals surface area contributed by atoms with Crippen molar-refractivity contribution in [3.8, 4) is 6.07 Å². The number of anilines is 1. The highest BCUT2D eigenvalue weighted by Crippen LogP contribution is 2.31. The molecule has 20 heavy (non-hydrogen) atoms. The number of aromatic nitrogens is 2. The van der Waals surface area contributed by atoms with Gasteiger partial charge in [0.2, 0.25) is 5.91 Å². The summed E-state index contributed by atoms with van der Waals surface area (Å²) in [5.41, 5.74) is 2.03. The molecule has 0 spiro atoms. The molecule has 0 fully saturated rings. The first kappa shape index (κ1) is 13.9. The lowest BCUT2D eigenvalue weighted by molar-refractivity contribution is -0.111. The second-order valence-corrected chi connectivity index (χ2v) is 5.28. The number of carbonyl (C=O) groups excluding carboxylic acids is 1. The maximum Gasteiger partial charge on any atom is 0.249 e. The molecule has 0 aliphatic rings. The molecule has 2 aromatic rings. The van der Waals surface area contributed by atoms with Crippen molar-refractivity contribution in [2.45, 2.75) is 13.8 Å². The highest BCUT2D eigenvalue weighted by atomic mass is 32.1. The van der Waals surface area contributed by atoms with E-state index >= 15 is 0 Å². The van der Waals surface area contributed by atoms with Crippen LogP contribution in [0.15, 0.2) is 24.7 Å². The number of amides is 1. The standard InChI is InChI=1S/C14H12N4OS/c1-9-10(2)20-14(12(9)7-15)18-13(19)4-3-11-8-16-5-6-17-11/h3-6,8H,1-2H3,(H,18,19)/b4-3+. The van der Waals surface area contributed by atoms with E-state index in [0.29, 0.717) is 16.3 Å². The van der Waals surface area contributed by atoms with Crippen molar-refractivity contribution >= 4 is 28.3 Å². The van der Waals surface area contributed by atoms with Crippen LogP contribution in [0.3, 0.4) is 0 Å². The summed E-state index contributed by atoms with van der Waals surface area (Å²) in [5.74, 6) is -0.298. The Labute approximate surface area is 120 Å². The molecular weight excluding hydrogens is 272 g/mol. The third kappa shape index (κ3) is 3.08. The Balaban J connectivity index is 2.11. The summed E-state index contributed by atoms with van der Waals surface area (Å²) < 4.78 is 0. The molecule has 5 nitrogen and oxygen atoms in total. The number of thiophene rings is 1. The maximum absolute atomic E-state index is 11.8. The van der Waals surface area contributed by atoms with Gasteiger partial charge in [0.05, 0.1) is 17.5 Å². The monoisotopic (exact) mass is 284 g/mol. The summed E-state index contributed by atoms with van der Waals surface area (Å²) in [7, 11) is 0. The minimum atomic E-state index is -0.298. The summed E-state index contributed by atoms with van der Waals surface area (Å²) in [5, 5.41) is 12.4. The van der Waals surface area contributed by atoms with Crippen LogP contribution >= 0.6 is 11.3 Å². The van der Waals surface area contributed by atoms with E-state index in [9.17, 15) is 4.79 Å². The third-order valence-electron chi connectivity index (χ3n) is 2.72. The summed E-state index contributed by atoms with van der Waals surface area (Å²) in [4.78, 5) is 20.8. The molecule has 2 aromatic heterocycles. The van der Waals surface area contributed by atoms with E-state index in [0.717, 1.165) is 10.4 Å². The van der Waals surface area contributed by atoms with Gasteiger partial charge in [0.25, 0.3) is 0 Å². The number of nitrogens with one attached hydrogen (secondary N) is 1. The lowest BCUT2D eigenvalue weighted by Gasteiger charge is -1.98. The third-order valence-corrected chi connectivity index (χ3v) is 3.85. The molecule has 0 saturated heterocycles. The summed E-state index contributed by atoms with van der Waals surface area (Å²) in [6.07, 6.45) is 7.62. The number of aryl methyl sites for hydroxylation is 1. The first-order valence-corrected chi connectivity index (χ1v) is 6.68. The van der Waals surface area contributed by atoms with Gasteiger partial charge in [0.1, 0.15) is 11.1 Å². The van der Waals surface area contributed by atoms with E-state index in [4.69, 9.17) is 5.26 Å². The molecule has 100 valence electrons. The summed E-state index contributed by atoms with van der Waals surface area (Å²) in [6, 6.07) is 2.11. The van der Waals surface area contributed by atoms with Gasteiger partial charge < -0.3 is 5.32 Å². The Morgan fingerprint density at radius 3 is 2.90 bits per heavy atom. The zero-order chi connectivity index (χ0) is 14.5. The minimum Gasteiger partial charge on any atom is -0.313 e. The SMILES string of the molecule is Cc1sc(NC(=O)/C=C/c2cnccn2)c(C#N)c1C. The Kier molecular flexibility index (Phi) is 4.23. The van der Waals surface area contributed by atoms with Crippen molar-refractivity contribution < 1.29 is 4.79 Å². The van der Waals surface area contributed by atoms with Crippen molar-refractivity contribution in [3.63, 3.8) is 0 Å². The van der Waals surface area contributed by atoms with Crippen LogP contribution in [0.1, 0.15) is 21.7 Å². The highest BCUT2D eigenvalue weighted by Gasteiger charge is 2.13. The first-order valence-electron chi connectivity index (χ1n) is 5.87. The van der Waals surface area contributed by atoms with Gasteiger partial charge in [-0.2, -0.15) is 5.26 Å². The first-order chi connectivity index (χ1) is 9.61. The number of hydrogen-bond acceptors (Lipinski definition) is 5.